The van der Waals surface area contributed by atoms with Gasteiger partial charge in [-0.3, -0.25) is 19.7 Å². The van der Waals surface area contributed by atoms with E-state index < -0.39 is 6.04 Å². The Morgan fingerprint density at radius 3 is 2.48 bits per heavy atom. The highest BCUT2D eigenvalue weighted by Gasteiger charge is 2.37. The van der Waals surface area contributed by atoms with Crippen LogP contribution in [0.15, 0.2) is 18.2 Å². The van der Waals surface area contributed by atoms with Crippen molar-refractivity contribution in [1.82, 2.24) is 5.32 Å². The van der Waals surface area contributed by atoms with E-state index in [2.05, 4.69) is 10.2 Å². The maximum atomic E-state index is 12.3. The number of hydrogen-bond acceptors (Lipinski definition) is 7. The second-order valence-electron chi connectivity index (χ2n) is 7.44. The monoisotopic (exact) mass is 404 g/mol. The van der Waals surface area contributed by atoms with Crippen LogP contribution in [0.2, 0.25) is 0 Å². The van der Waals surface area contributed by atoms with E-state index in [1.54, 1.807) is 21.3 Å². The van der Waals surface area contributed by atoms with Crippen LogP contribution in [0, 0.1) is 5.92 Å². The Balaban J connectivity index is 1.89. The van der Waals surface area contributed by atoms with E-state index in [1.165, 1.54) is 4.90 Å². The Morgan fingerprint density at radius 1 is 1.21 bits per heavy atom. The molecule has 9 heteroatoms. The zero-order valence-electron chi connectivity index (χ0n) is 17.3. The molecule has 0 spiro atoms. The lowest BCUT2D eigenvalue weighted by molar-refractivity contribution is -0.142. The number of methoxy groups -OCH3 is 2. The molecule has 2 heterocycles. The molecule has 0 bridgehead atoms. The van der Waals surface area contributed by atoms with Gasteiger partial charge < -0.3 is 24.2 Å². The number of carbonyl (C=O) groups excluding carboxylic acids is 3. The van der Waals surface area contributed by atoms with E-state index in [-0.39, 0.29) is 24.0 Å². The standard InChI is InChI=1S/C20H28N4O5/c1-22(12-25)18-14(23(2)16-8-9-17(26)21-19(16)27)6-5-7-15(18)24-10-13(11-24)20(28-3)29-4/h5-7,12-13,16,20H,8-11H2,1-4H3,(H,21,26,27). The number of rotatable bonds is 8. The van der Waals surface area contributed by atoms with E-state index in [0.717, 1.165) is 36.6 Å². The van der Waals surface area contributed by atoms with Gasteiger partial charge in [0.05, 0.1) is 17.1 Å². The number of nitrogens with one attached hydrogen (secondary N) is 1. The van der Waals surface area contributed by atoms with Crippen LogP contribution in [0.4, 0.5) is 17.1 Å². The number of hydrogen-bond donors (Lipinski definition) is 1. The minimum atomic E-state index is -0.475. The minimum absolute atomic E-state index is 0.232. The first-order valence-electron chi connectivity index (χ1n) is 9.59. The van der Waals surface area contributed by atoms with Crippen molar-refractivity contribution in [1.29, 1.82) is 0 Å². The van der Waals surface area contributed by atoms with Crippen molar-refractivity contribution in [3.8, 4) is 0 Å². The molecule has 0 aromatic heterocycles. The largest absolute Gasteiger partial charge is 0.369 e. The predicted octanol–water partition coefficient (Wildman–Crippen LogP) is 0.576. The molecule has 1 unspecified atom stereocenters. The van der Waals surface area contributed by atoms with Crippen LogP contribution >= 0.6 is 0 Å². The summed E-state index contributed by atoms with van der Waals surface area (Å²) < 4.78 is 10.7. The Kier molecular flexibility index (Phi) is 6.39. The quantitative estimate of drug-likeness (QED) is 0.385. The van der Waals surface area contributed by atoms with Crippen molar-refractivity contribution in [2.24, 2.45) is 5.92 Å². The molecule has 0 saturated carbocycles. The fraction of sp³-hybridized carbons (Fsp3) is 0.550. The molecule has 0 radical (unpaired) electrons. The molecule has 1 N–H and O–H groups in total. The molecule has 1 atom stereocenters. The lowest BCUT2D eigenvalue weighted by Gasteiger charge is -2.45. The Bertz CT molecular complexity index is 776. The molecule has 0 aliphatic carbocycles. The molecule has 2 saturated heterocycles. The summed E-state index contributed by atoms with van der Waals surface area (Å²) in [4.78, 5) is 41.0. The number of likely N-dealkylation sites (N-methyl/N-ethyl adjacent to an activating group) is 1. The lowest BCUT2D eigenvalue weighted by Crippen LogP contribution is -2.53. The normalized spacial score (nSPS) is 19.8. The SMILES string of the molecule is COC(OC)C1CN(c2cccc(N(C)C3CCC(=O)NC3=O)c2N(C)C=O)C1. The number of ether oxygens (including phenoxy) is 2. The first-order valence-corrected chi connectivity index (χ1v) is 9.59. The van der Waals surface area contributed by atoms with Gasteiger partial charge in [-0.25, -0.2) is 0 Å². The van der Waals surface area contributed by atoms with Crippen molar-refractivity contribution in [3.05, 3.63) is 18.2 Å². The van der Waals surface area contributed by atoms with Crippen LogP contribution < -0.4 is 20.0 Å². The van der Waals surface area contributed by atoms with Gasteiger partial charge in [0.15, 0.2) is 6.29 Å². The number of para-hydroxylation sites is 1. The summed E-state index contributed by atoms with van der Waals surface area (Å²) in [6.45, 7) is 1.47. The highest BCUT2D eigenvalue weighted by Crippen LogP contribution is 2.41. The van der Waals surface area contributed by atoms with Crippen molar-refractivity contribution < 1.29 is 23.9 Å². The first kappa shape index (κ1) is 21.1. The van der Waals surface area contributed by atoms with Gasteiger partial charge in [0.25, 0.3) is 0 Å². The molecule has 9 nitrogen and oxygen atoms in total. The van der Waals surface area contributed by atoms with Crippen molar-refractivity contribution in [3.63, 3.8) is 0 Å². The number of piperidine rings is 1. The average molecular weight is 404 g/mol. The third-order valence-corrected chi connectivity index (χ3v) is 5.66. The predicted molar refractivity (Wildman–Crippen MR) is 109 cm³/mol. The first-order chi connectivity index (χ1) is 13.9. The van der Waals surface area contributed by atoms with Crippen LogP contribution in [0.1, 0.15) is 12.8 Å². The molecule has 2 aliphatic rings. The van der Waals surface area contributed by atoms with Crippen LogP contribution in [0.25, 0.3) is 0 Å². The Labute approximate surface area is 170 Å². The summed E-state index contributed by atoms with van der Waals surface area (Å²) in [5.41, 5.74) is 2.38. The molecule has 1 aromatic rings. The number of nitrogens with zero attached hydrogens (tertiary/aromatic N) is 3. The van der Waals surface area contributed by atoms with Gasteiger partial charge in [-0.1, -0.05) is 6.07 Å². The van der Waals surface area contributed by atoms with Gasteiger partial charge in [0.2, 0.25) is 18.2 Å². The van der Waals surface area contributed by atoms with Gasteiger partial charge in [-0.15, -0.1) is 0 Å². The second-order valence-corrected chi connectivity index (χ2v) is 7.44. The zero-order valence-corrected chi connectivity index (χ0v) is 17.3. The summed E-state index contributed by atoms with van der Waals surface area (Å²) in [5, 5.41) is 2.39. The number of amides is 3. The van der Waals surface area contributed by atoms with Gasteiger partial charge in [-0.2, -0.15) is 0 Å². The van der Waals surface area contributed by atoms with E-state index in [0.29, 0.717) is 12.8 Å². The molecule has 3 rings (SSSR count). The van der Waals surface area contributed by atoms with E-state index in [4.69, 9.17) is 9.47 Å². The fourth-order valence-electron chi connectivity index (χ4n) is 4.06. The summed E-state index contributed by atoms with van der Waals surface area (Å²) >= 11 is 0. The van der Waals surface area contributed by atoms with Crippen molar-refractivity contribution >= 4 is 35.3 Å². The Morgan fingerprint density at radius 2 is 1.90 bits per heavy atom. The maximum Gasteiger partial charge on any atom is 0.249 e. The average Bonchev–Trinajstić information content (AvgIpc) is 2.68. The van der Waals surface area contributed by atoms with Gasteiger partial charge in [-0.05, 0) is 18.6 Å². The van der Waals surface area contributed by atoms with Crippen LogP contribution in [0.3, 0.4) is 0 Å². The highest BCUT2D eigenvalue weighted by atomic mass is 16.7. The van der Waals surface area contributed by atoms with Crippen molar-refractivity contribution in [2.75, 3.05) is 56.1 Å². The number of benzene rings is 1. The molecular formula is C20H28N4O5. The number of anilines is 3. The maximum absolute atomic E-state index is 12.3. The summed E-state index contributed by atoms with van der Waals surface area (Å²) in [6.07, 6.45) is 1.21. The third kappa shape index (κ3) is 4.06. The lowest BCUT2D eigenvalue weighted by atomic mass is 9.97. The van der Waals surface area contributed by atoms with Crippen LogP contribution in [-0.4, -0.2) is 72.0 Å². The minimum Gasteiger partial charge on any atom is -0.369 e. The number of carbonyl (C=O) groups is 3. The zero-order chi connectivity index (χ0) is 21.1. The topological polar surface area (TPSA) is 91.4 Å². The summed E-state index contributed by atoms with van der Waals surface area (Å²) in [6, 6.07) is 5.28. The molecule has 158 valence electrons. The van der Waals surface area contributed by atoms with E-state index >= 15 is 0 Å². The van der Waals surface area contributed by atoms with E-state index in [1.807, 2.05) is 30.1 Å². The highest BCUT2D eigenvalue weighted by molar-refractivity contribution is 6.03. The fourth-order valence-corrected chi connectivity index (χ4v) is 4.06. The number of imide groups is 1. The van der Waals surface area contributed by atoms with Gasteiger partial charge >= 0.3 is 0 Å². The van der Waals surface area contributed by atoms with E-state index in [9.17, 15) is 14.4 Å². The summed E-state index contributed by atoms with van der Waals surface area (Å²) in [7, 11) is 6.75. The molecule has 1 aromatic carbocycles. The second kappa shape index (κ2) is 8.79. The van der Waals surface area contributed by atoms with Gasteiger partial charge in [0.1, 0.15) is 6.04 Å². The van der Waals surface area contributed by atoms with Crippen LogP contribution in [-0.2, 0) is 23.9 Å². The Hall–Kier alpha value is -2.65. The summed E-state index contributed by atoms with van der Waals surface area (Å²) in [5.74, 6) is -0.340. The molecular weight excluding hydrogens is 376 g/mol. The van der Waals surface area contributed by atoms with Gasteiger partial charge in [0, 0.05) is 53.7 Å². The molecule has 2 fully saturated rings. The smallest absolute Gasteiger partial charge is 0.249 e. The third-order valence-electron chi connectivity index (χ3n) is 5.66. The molecule has 2 aliphatic heterocycles. The van der Waals surface area contributed by atoms with Crippen LogP contribution in [0.5, 0.6) is 0 Å². The molecule has 3 amide bonds. The van der Waals surface area contributed by atoms with Crippen molar-refractivity contribution in [2.45, 2.75) is 25.2 Å². The molecule has 29 heavy (non-hydrogen) atoms.